The van der Waals surface area contributed by atoms with Gasteiger partial charge in [-0.15, -0.1) is 0 Å². The number of anilines is 1. The van der Waals surface area contributed by atoms with E-state index in [2.05, 4.69) is 10.6 Å². The van der Waals surface area contributed by atoms with E-state index in [-0.39, 0.29) is 17.9 Å². The van der Waals surface area contributed by atoms with Crippen molar-refractivity contribution >= 4 is 29.1 Å². The van der Waals surface area contributed by atoms with Crippen LogP contribution in [0.25, 0.3) is 0 Å². The molecule has 0 radical (unpaired) electrons. The fraction of sp³-hybridized carbons (Fsp3) is 0.500. The summed E-state index contributed by atoms with van der Waals surface area (Å²) in [6.45, 7) is 0. The highest BCUT2D eigenvalue weighted by Crippen LogP contribution is 2.48. The molecule has 1 aromatic rings. The maximum absolute atomic E-state index is 12.6. The molecular formula is C16H19ClN2O4. The molecule has 1 aromatic carbocycles. The molecule has 124 valence electrons. The summed E-state index contributed by atoms with van der Waals surface area (Å²) < 4.78 is 10.4. The third-order valence-corrected chi connectivity index (χ3v) is 4.55. The highest BCUT2D eigenvalue weighted by molar-refractivity contribution is 6.32. The molecule has 3 rings (SSSR count). The van der Waals surface area contributed by atoms with Crippen LogP contribution in [0.1, 0.15) is 25.7 Å². The monoisotopic (exact) mass is 338 g/mol. The first kappa shape index (κ1) is 15.9. The van der Waals surface area contributed by atoms with E-state index in [0.29, 0.717) is 35.1 Å². The Morgan fingerprint density at radius 2 is 1.78 bits per heavy atom. The number of carbonyl (C=O) groups is 2. The third-order valence-electron chi connectivity index (χ3n) is 4.25. The van der Waals surface area contributed by atoms with Gasteiger partial charge in [-0.1, -0.05) is 11.6 Å². The number of ether oxygens (including phenoxy) is 2. The van der Waals surface area contributed by atoms with Gasteiger partial charge >= 0.3 is 0 Å². The third kappa shape index (κ3) is 3.08. The molecule has 0 unspecified atom stereocenters. The number of rotatable bonds is 6. The summed E-state index contributed by atoms with van der Waals surface area (Å²) in [6.07, 6.45) is 3.10. The predicted molar refractivity (Wildman–Crippen MR) is 86.0 cm³/mol. The zero-order valence-corrected chi connectivity index (χ0v) is 13.8. The summed E-state index contributed by atoms with van der Waals surface area (Å²) in [5, 5.41) is 6.07. The number of amides is 2. The van der Waals surface area contributed by atoms with Crippen LogP contribution in [0.3, 0.4) is 0 Å². The molecule has 0 aromatic heterocycles. The molecular weight excluding hydrogens is 320 g/mol. The smallest absolute Gasteiger partial charge is 0.240 e. The van der Waals surface area contributed by atoms with Crippen molar-refractivity contribution in [3.05, 3.63) is 17.2 Å². The lowest BCUT2D eigenvalue weighted by Crippen LogP contribution is -2.40. The quantitative estimate of drug-likeness (QED) is 0.781. The lowest BCUT2D eigenvalue weighted by Gasteiger charge is -2.17. The van der Waals surface area contributed by atoms with Gasteiger partial charge in [0.25, 0.3) is 0 Å². The predicted octanol–water partition coefficient (Wildman–Crippen LogP) is 2.35. The lowest BCUT2D eigenvalue weighted by atomic mass is 10.0. The Labute approximate surface area is 139 Å². The first-order chi connectivity index (χ1) is 11.0. The van der Waals surface area contributed by atoms with E-state index in [4.69, 9.17) is 21.1 Å². The van der Waals surface area contributed by atoms with Gasteiger partial charge in [-0.25, -0.2) is 0 Å². The number of halogens is 1. The molecule has 2 aliphatic rings. The van der Waals surface area contributed by atoms with Crippen LogP contribution >= 0.6 is 11.6 Å². The maximum atomic E-state index is 12.6. The van der Waals surface area contributed by atoms with E-state index < -0.39 is 5.41 Å². The molecule has 2 amide bonds. The number of methoxy groups -OCH3 is 2. The number of carbonyl (C=O) groups excluding carboxylic acids is 2. The van der Waals surface area contributed by atoms with E-state index in [1.807, 2.05) is 0 Å². The van der Waals surface area contributed by atoms with Crippen LogP contribution in [0.2, 0.25) is 5.02 Å². The molecule has 2 fully saturated rings. The van der Waals surface area contributed by atoms with Crippen molar-refractivity contribution in [2.75, 3.05) is 19.5 Å². The molecule has 0 aliphatic heterocycles. The summed E-state index contributed by atoms with van der Waals surface area (Å²) in [4.78, 5) is 24.9. The average molecular weight is 339 g/mol. The molecule has 2 N–H and O–H groups in total. The minimum Gasteiger partial charge on any atom is -0.495 e. The van der Waals surface area contributed by atoms with Crippen LogP contribution in [0.15, 0.2) is 12.1 Å². The van der Waals surface area contributed by atoms with E-state index in [9.17, 15) is 9.59 Å². The second-order valence-corrected chi connectivity index (χ2v) is 6.38. The standard InChI is InChI=1S/C16H19ClN2O4/c1-22-12-8-11(13(23-2)7-10(12)17)19-15(21)16(5-6-16)14(20)18-9-3-4-9/h7-9H,3-6H2,1-2H3,(H,18,20)(H,19,21). The Morgan fingerprint density at radius 3 is 2.30 bits per heavy atom. The Balaban J connectivity index is 1.78. The molecule has 0 spiro atoms. The van der Waals surface area contributed by atoms with Gasteiger partial charge in [-0.2, -0.15) is 0 Å². The lowest BCUT2D eigenvalue weighted by molar-refractivity contribution is -0.134. The van der Waals surface area contributed by atoms with Crippen LogP contribution in [-0.2, 0) is 9.59 Å². The number of hydrogen-bond acceptors (Lipinski definition) is 4. The summed E-state index contributed by atoms with van der Waals surface area (Å²) in [5.74, 6) is 0.341. The maximum Gasteiger partial charge on any atom is 0.240 e. The summed E-state index contributed by atoms with van der Waals surface area (Å²) in [7, 11) is 2.98. The largest absolute Gasteiger partial charge is 0.495 e. The van der Waals surface area contributed by atoms with Crippen molar-refractivity contribution in [3.8, 4) is 11.5 Å². The second-order valence-electron chi connectivity index (χ2n) is 5.97. The average Bonchev–Trinajstić information content (AvgIpc) is 3.42. The zero-order valence-electron chi connectivity index (χ0n) is 13.1. The van der Waals surface area contributed by atoms with Crippen molar-refractivity contribution in [1.29, 1.82) is 0 Å². The van der Waals surface area contributed by atoms with Crippen LogP contribution in [0.4, 0.5) is 5.69 Å². The molecule has 7 heteroatoms. The van der Waals surface area contributed by atoms with Crippen molar-refractivity contribution in [1.82, 2.24) is 5.32 Å². The number of nitrogens with one attached hydrogen (secondary N) is 2. The van der Waals surface area contributed by atoms with E-state index >= 15 is 0 Å². The van der Waals surface area contributed by atoms with Crippen LogP contribution in [0, 0.1) is 5.41 Å². The highest BCUT2D eigenvalue weighted by Gasteiger charge is 2.57. The second kappa shape index (κ2) is 5.92. The SMILES string of the molecule is COc1cc(NC(=O)C2(C(=O)NC3CC3)CC2)c(OC)cc1Cl. The van der Waals surface area contributed by atoms with Gasteiger partial charge in [0.2, 0.25) is 11.8 Å². The zero-order chi connectivity index (χ0) is 16.6. The topological polar surface area (TPSA) is 76.7 Å². The first-order valence-electron chi connectivity index (χ1n) is 7.54. The highest BCUT2D eigenvalue weighted by atomic mass is 35.5. The molecule has 2 aliphatic carbocycles. The van der Waals surface area contributed by atoms with Gasteiger partial charge < -0.3 is 20.1 Å². The first-order valence-corrected chi connectivity index (χ1v) is 7.92. The molecule has 0 saturated heterocycles. The fourth-order valence-electron chi connectivity index (χ4n) is 2.43. The van der Waals surface area contributed by atoms with Crippen LogP contribution in [-0.4, -0.2) is 32.1 Å². The van der Waals surface area contributed by atoms with Gasteiger partial charge in [0.15, 0.2) is 0 Å². The van der Waals surface area contributed by atoms with Gasteiger partial charge in [0, 0.05) is 18.2 Å². The minimum atomic E-state index is -0.958. The van der Waals surface area contributed by atoms with Crippen molar-refractivity contribution < 1.29 is 19.1 Å². The summed E-state index contributed by atoms with van der Waals surface area (Å²) >= 11 is 6.05. The van der Waals surface area contributed by atoms with Crippen LogP contribution in [0.5, 0.6) is 11.5 Å². The van der Waals surface area contributed by atoms with Crippen LogP contribution < -0.4 is 20.1 Å². The van der Waals surface area contributed by atoms with Crippen molar-refractivity contribution in [2.24, 2.45) is 5.41 Å². The van der Waals surface area contributed by atoms with Crippen molar-refractivity contribution in [2.45, 2.75) is 31.7 Å². The molecule has 6 nitrogen and oxygen atoms in total. The Hall–Kier alpha value is -1.95. The van der Waals surface area contributed by atoms with Gasteiger partial charge in [0.1, 0.15) is 16.9 Å². The number of benzene rings is 1. The normalized spacial score (nSPS) is 18.0. The van der Waals surface area contributed by atoms with E-state index in [0.717, 1.165) is 12.8 Å². The van der Waals surface area contributed by atoms with Crippen molar-refractivity contribution in [3.63, 3.8) is 0 Å². The fourth-order valence-corrected chi connectivity index (χ4v) is 2.66. The van der Waals surface area contributed by atoms with E-state index in [1.165, 1.54) is 14.2 Å². The Morgan fingerprint density at radius 1 is 1.13 bits per heavy atom. The van der Waals surface area contributed by atoms with E-state index in [1.54, 1.807) is 12.1 Å². The molecule has 23 heavy (non-hydrogen) atoms. The molecule has 2 saturated carbocycles. The molecule has 0 atom stereocenters. The van der Waals surface area contributed by atoms with Gasteiger partial charge in [-0.3, -0.25) is 9.59 Å². The van der Waals surface area contributed by atoms with Gasteiger partial charge in [0.05, 0.1) is 24.9 Å². The molecule has 0 bridgehead atoms. The Kier molecular flexibility index (Phi) is 4.10. The summed E-state index contributed by atoms with van der Waals surface area (Å²) in [5.41, 5.74) is -0.523. The minimum absolute atomic E-state index is 0.183. The number of hydrogen-bond donors (Lipinski definition) is 2. The Bertz CT molecular complexity index is 654. The summed E-state index contributed by atoms with van der Waals surface area (Å²) in [6, 6.07) is 3.39. The van der Waals surface area contributed by atoms with Gasteiger partial charge in [-0.05, 0) is 25.7 Å². The molecule has 0 heterocycles.